The highest BCUT2D eigenvalue weighted by Gasteiger charge is 2.06. The molecule has 1 atom stereocenters. The lowest BCUT2D eigenvalue weighted by atomic mass is 10.1. The molecular formula is C16H23N3O. The minimum Gasteiger partial charge on any atom is -0.487 e. The van der Waals surface area contributed by atoms with Crippen LogP contribution in [0.15, 0.2) is 36.8 Å². The van der Waals surface area contributed by atoms with Crippen LogP contribution in [0.3, 0.4) is 0 Å². The first-order valence-electron chi connectivity index (χ1n) is 7.19. The van der Waals surface area contributed by atoms with E-state index < -0.39 is 0 Å². The largest absolute Gasteiger partial charge is 0.487 e. The van der Waals surface area contributed by atoms with E-state index in [1.54, 1.807) is 0 Å². The number of imidazole rings is 1. The Labute approximate surface area is 120 Å². The average Bonchev–Trinajstić information content (AvgIpc) is 2.93. The third-order valence-electron chi connectivity index (χ3n) is 3.39. The Bertz CT molecular complexity index is 536. The maximum Gasteiger partial charge on any atom is 0.130 e. The molecule has 1 aromatic heterocycles. The molecule has 4 heteroatoms. The van der Waals surface area contributed by atoms with Crippen LogP contribution >= 0.6 is 0 Å². The number of benzene rings is 1. The molecule has 20 heavy (non-hydrogen) atoms. The van der Waals surface area contributed by atoms with Gasteiger partial charge >= 0.3 is 0 Å². The molecule has 0 spiro atoms. The number of aromatic nitrogens is 2. The Morgan fingerprint density at radius 2 is 2.20 bits per heavy atom. The van der Waals surface area contributed by atoms with Gasteiger partial charge in [0, 0.05) is 12.6 Å². The van der Waals surface area contributed by atoms with E-state index in [1.807, 2.05) is 24.7 Å². The molecule has 0 aliphatic rings. The van der Waals surface area contributed by atoms with E-state index in [4.69, 9.17) is 4.74 Å². The van der Waals surface area contributed by atoms with Gasteiger partial charge in [-0.1, -0.05) is 19.1 Å². The lowest BCUT2D eigenvalue weighted by molar-refractivity contribution is 0.295. The van der Waals surface area contributed by atoms with Crippen molar-refractivity contribution in [2.45, 2.75) is 40.0 Å². The van der Waals surface area contributed by atoms with Crippen LogP contribution in [0.2, 0.25) is 0 Å². The van der Waals surface area contributed by atoms with Gasteiger partial charge in [0.1, 0.15) is 12.4 Å². The molecule has 4 nitrogen and oxygen atoms in total. The van der Waals surface area contributed by atoms with E-state index in [2.05, 4.69) is 47.8 Å². The monoisotopic (exact) mass is 273 g/mol. The summed E-state index contributed by atoms with van der Waals surface area (Å²) in [7, 11) is 0. The highest BCUT2D eigenvalue weighted by Crippen LogP contribution is 2.20. The Morgan fingerprint density at radius 1 is 1.35 bits per heavy atom. The summed E-state index contributed by atoms with van der Waals surface area (Å²) in [5.74, 6) is 0.899. The fraction of sp³-hybridized carbons (Fsp3) is 0.438. The summed E-state index contributed by atoms with van der Waals surface area (Å²) >= 11 is 0. The van der Waals surface area contributed by atoms with Crippen molar-refractivity contribution < 1.29 is 4.74 Å². The molecule has 0 bridgehead atoms. The second-order valence-electron chi connectivity index (χ2n) is 4.81. The Hall–Kier alpha value is -1.81. The van der Waals surface area contributed by atoms with Crippen molar-refractivity contribution in [1.29, 1.82) is 0 Å². The number of nitrogens with one attached hydrogen (secondary N) is 1. The van der Waals surface area contributed by atoms with Crippen LogP contribution in [-0.2, 0) is 13.2 Å². The van der Waals surface area contributed by atoms with Crippen molar-refractivity contribution >= 4 is 0 Å². The topological polar surface area (TPSA) is 39.1 Å². The number of rotatable bonds is 7. The predicted molar refractivity (Wildman–Crippen MR) is 80.8 cm³/mol. The molecule has 108 valence electrons. The third-order valence-corrected chi connectivity index (χ3v) is 3.39. The molecule has 2 rings (SSSR count). The van der Waals surface area contributed by atoms with Crippen molar-refractivity contribution in [3.63, 3.8) is 0 Å². The molecule has 0 aliphatic heterocycles. The smallest absolute Gasteiger partial charge is 0.130 e. The Balaban J connectivity index is 2.01. The van der Waals surface area contributed by atoms with Crippen molar-refractivity contribution in [3.8, 4) is 5.75 Å². The first-order chi connectivity index (χ1) is 9.74. The number of ether oxygens (including phenoxy) is 1. The summed E-state index contributed by atoms with van der Waals surface area (Å²) in [6, 6.07) is 8.59. The predicted octanol–water partition coefficient (Wildman–Crippen LogP) is 3.15. The molecule has 1 unspecified atom stereocenters. The van der Waals surface area contributed by atoms with Crippen molar-refractivity contribution in [2.75, 3.05) is 6.54 Å². The van der Waals surface area contributed by atoms with Gasteiger partial charge in [0.05, 0.1) is 18.2 Å². The van der Waals surface area contributed by atoms with Gasteiger partial charge in [-0.25, -0.2) is 4.98 Å². The zero-order valence-electron chi connectivity index (χ0n) is 12.5. The van der Waals surface area contributed by atoms with Gasteiger partial charge in [0.2, 0.25) is 0 Å². The lowest BCUT2D eigenvalue weighted by Crippen LogP contribution is -2.17. The normalized spacial score (nSPS) is 12.3. The molecular weight excluding hydrogens is 250 g/mol. The summed E-state index contributed by atoms with van der Waals surface area (Å²) in [5.41, 5.74) is 2.34. The number of nitrogens with zero attached hydrogens (tertiary/aromatic N) is 2. The van der Waals surface area contributed by atoms with Gasteiger partial charge in [-0.2, -0.15) is 0 Å². The summed E-state index contributed by atoms with van der Waals surface area (Å²) in [6.45, 7) is 8.80. The molecule has 2 aromatic rings. The summed E-state index contributed by atoms with van der Waals surface area (Å²) in [5, 5.41) is 3.41. The van der Waals surface area contributed by atoms with Crippen LogP contribution < -0.4 is 10.1 Å². The average molecular weight is 273 g/mol. The first kappa shape index (κ1) is 14.6. The van der Waals surface area contributed by atoms with Gasteiger partial charge in [-0.3, -0.25) is 0 Å². The molecule has 0 saturated carbocycles. The summed E-state index contributed by atoms with van der Waals surface area (Å²) < 4.78 is 7.96. The molecule has 1 aromatic carbocycles. The molecule has 0 amide bonds. The van der Waals surface area contributed by atoms with Gasteiger partial charge in [-0.15, -0.1) is 0 Å². The fourth-order valence-electron chi connectivity index (χ4n) is 2.21. The highest BCUT2D eigenvalue weighted by molar-refractivity contribution is 5.30. The molecule has 0 aliphatic carbocycles. The Kier molecular flexibility index (Phi) is 5.18. The van der Waals surface area contributed by atoms with E-state index in [0.29, 0.717) is 12.6 Å². The third kappa shape index (κ3) is 3.61. The zero-order valence-corrected chi connectivity index (χ0v) is 12.5. The van der Waals surface area contributed by atoms with Crippen LogP contribution in [0, 0.1) is 0 Å². The van der Waals surface area contributed by atoms with Crippen LogP contribution in [0.4, 0.5) is 0 Å². The fourth-order valence-corrected chi connectivity index (χ4v) is 2.21. The first-order valence-corrected chi connectivity index (χ1v) is 7.19. The second-order valence-corrected chi connectivity index (χ2v) is 4.81. The van der Waals surface area contributed by atoms with Gasteiger partial charge in [-0.05, 0) is 38.1 Å². The molecule has 0 saturated heterocycles. The Morgan fingerprint density at radius 3 is 2.95 bits per heavy atom. The van der Waals surface area contributed by atoms with E-state index in [-0.39, 0.29) is 0 Å². The number of hydrogen-bond donors (Lipinski definition) is 1. The quantitative estimate of drug-likeness (QED) is 0.842. The maximum atomic E-state index is 5.87. The second kappa shape index (κ2) is 7.10. The molecule has 0 radical (unpaired) electrons. The minimum absolute atomic E-state index is 0.338. The maximum absolute atomic E-state index is 5.87. The van der Waals surface area contributed by atoms with E-state index >= 15 is 0 Å². The van der Waals surface area contributed by atoms with Crippen molar-refractivity contribution in [1.82, 2.24) is 14.9 Å². The molecule has 1 N–H and O–H groups in total. The van der Waals surface area contributed by atoms with Crippen molar-refractivity contribution in [3.05, 3.63) is 48.0 Å². The van der Waals surface area contributed by atoms with Gasteiger partial charge in [0.15, 0.2) is 0 Å². The van der Waals surface area contributed by atoms with Gasteiger partial charge < -0.3 is 14.6 Å². The highest BCUT2D eigenvalue weighted by atomic mass is 16.5. The lowest BCUT2D eigenvalue weighted by Gasteiger charge is -2.14. The summed E-state index contributed by atoms with van der Waals surface area (Å²) in [4.78, 5) is 4.15. The van der Waals surface area contributed by atoms with Crippen molar-refractivity contribution in [2.24, 2.45) is 0 Å². The van der Waals surface area contributed by atoms with Crippen LogP contribution in [-0.4, -0.2) is 16.1 Å². The van der Waals surface area contributed by atoms with Crippen LogP contribution in [0.25, 0.3) is 0 Å². The summed E-state index contributed by atoms with van der Waals surface area (Å²) in [6.07, 6.45) is 3.69. The number of hydrogen-bond acceptors (Lipinski definition) is 3. The minimum atomic E-state index is 0.338. The van der Waals surface area contributed by atoms with Gasteiger partial charge in [0.25, 0.3) is 0 Å². The number of aryl methyl sites for hydroxylation is 1. The van der Waals surface area contributed by atoms with E-state index in [9.17, 15) is 0 Å². The van der Waals surface area contributed by atoms with E-state index in [0.717, 1.165) is 24.5 Å². The zero-order chi connectivity index (χ0) is 14.4. The van der Waals surface area contributed by atoms with Crippen LogP contribution in [0.5, 0.6) is 5.75 Å². The molecule has 1 heterocycles. The van der Waals surface area contributed by atoms with Crippen LogP contribution in [0.1, 0.15) is 38.1 Å². The van der Waals surface area contributed by atoms with E-state index in [1.165, 1.54) is 5.56 Å². The molecule has 0 fully saturated rings. The standard InChI is InChI=1S/C16H23N3O/c1-4-18-13(3)14-7-6-8-16(9-14)20-11-15-10-17-12-19(15)5-2/h6-10,12-13,18H,4-5,11H2,1-3H3. The SMILES string of the molecule is CCNC(C)c1cccc(OCc2cncn2CC)c1.